The number of carbonyl (C=O) groups is 4. The van der Waals surface area contributed by atoms with Crippen molar-refractivity contribution in [3.8, 4) is 0 Å². The van der Waals surface area contributed by atoms with Gasteiger partial charge in [0.25, 0.3) is 0 Å². The highest BCUT2D eigenvalue weighted by molar-refractivity contribution is 9.09. The molecule has 3 aliphatic heterocycles. The lowest BCUT2D eigenvalue weighted by Crippen LogP contribution is -2.60. The van der Waals surface area contributed by atoms with Crippen LogP contribution in [-0.4, -0.2) is 92.4 Å². The van der Waals surface area contributed by atoms with Crippen LogP contribution in [-0.2, 0) is 28.7 Å². The molecular weight excluding hydrogens is 678 g/mol. The first-order valence-corrected chi connectivity index (χ1v) is 18.4. The van der Waals surface area contributed by atoms with E-state index in [1.54, 1.807) is 19.1 Å². The molecule has 11 heteroatoms. The molecule has 1 saturated carbocycles. The smallest absolute Gasteiger partial charge is 0.313 e. The summed E-state index contributed by atoms with van der Waals surface area (Å²) in [5.41, 5.74) is -0.581. The van der Waals surface area contributed by atoms with Crippen molar-refractivity contribution in [2.24, 2.45) is 11.8 Å². The summed E-state index contributed by atoms with van der Waals surface area (Å²) in [4.78, 5) is 59.5. The molecule has 4 aliphatic rings. The number of esters is 1. The van der Waals surface area contributed by atoms with Crippen LogP contribution in [0.25, 0.3) is 0 Å². The van der Waals surface area contributed by atoms with Crippen LogP contribution >= 0.6 is 15.9 Å². The summed E-state index contributed by atoms with van der Waals surface area (Å²) in [6, 6.07) is 7.00. The number of carbonyl (C=O) groups excluding carboxylic acids is 4. The summed E-state index contributed by atoms with van der Waals surface area (Å²) < 4.78 is 13.0. The third kappa shape index (κ3) is 6.74. The summed E-state index contributed by atoms with van der Waals surface area (Å²) in [5, 5.41) is 13.4. The Morgan fingerprint density at radius 3 is 2.52 bits per heavy atom. The zero-order chi connectivity index (χ0) is 34.6. The van der Waals surface area contributed by atoms with Crippen LogP contribution in [0.4, 0.5) is 0 Å². The van der Waals surface area contributed by atoms with E-state index in [2.05, 4.69) is 34.4 Å². The Morgan fingerprint density at radius 2 is 1.90 bits per heavy atom. The largest absolute Gasteiger partial charge is 0.455 e. The first-order chi connectivity index (χ1) is 23.1. The lowest BCUT2D eigenvalue weighted by molar-refractivity contribution is -0.162. The van der Waals surface area contributed by atoms with E-state index in [1.165, 1.54) is 4.90 Å². The molecule has 1 aromatic carbocycles. The molecule has 262 valence electrons. The first kappa shape index (κ1) is 36.3. The first-order valence-electron chi connectivity index (χ1n) is 17.4. The van der Waals surface area contributed by atoms with Gasteiger partial charge in [-0.1, -0.05) is 84.6 Å². The molecule has 9 atom stereocenters. The number of hydrogen-bond donors (Lipinski definition) is 2. The van der Waals surface area contributed by atoms with Gasteiger partial charge in [-0.3, -0.25) is 19.2 Å². The number of halogens is 1. The van der Waals surface area contributed by atoms with Crippen LogP contribution in [0.3, 0.4) is 0 Å². The molecule has 48 heavy (non-hydrogen) atoms. The molecule has 1 unspecified atom stereocenters. The molecule has 0 aromatic heterocycles. The van der Waals surface area contributed by atoms with Crippen molar-refractivity contribution in [3.63, 3.8) is 0 Å². The SMILES string of the molecule is C=CCCC(=O)N[C@@H](C)[C@H](OC(=O)[C@@H]1[C@H]2O[C@@]3(CC2Br)[C@H](C(=O)N(CC=C)C2CCCCC2)N([C@@H](CC)CO)C(=O)[C@@H]13)c1ccccc1. The molecule has 1 spiro atoms. The number of aliphatic hydroxyl groups excluding tert-OH is 1. The molecule has 4 fully saturated rings. The summed E-state index contributed by atoms with van der Waals surface area (Å²) in [7, 11) is 0. The van der Waals surface area contributed by atoms with Crippen molar-refractivity contribution in [3.05, 3.63) is 61.2 Å². The van der Waals surface area contributed by atoms with E-state index in [0.717, 1.165) is 32.1 Å². The van der Waals surface area contributed by atoms with Crippen LogP contribution < -0.4 is 5.32 Å². The monoisotopic (exact) mass is 727 g/mol. The predicted molar refractivity (Wildman–Crippen MR) is 185 cm³/mol. The fraction of sp³-hybridized carbons (Fsp3) is 0.622. The second-order valence-electron chi connectivity index (χ2n) is 13.7. The fourth-order valence-corrected chi connectivity index (χ4v) is 9.41. The van der Waals surface area contributed by atoms with Crippen LogP contribution in [0.5, 0.6) is 0 Å². The van der Waals surface area contributed by atoms with Gasteiger partial charge in [0.15, 0.2) is 0 Å². The van der Waals surface area contributed by atoms with Gasteiger partial charge >= 0.3 is 5.97 Å². The van der Waals surface area contributed by atoms with Crippen molar-refractivity contribution in [1.29, 1.82) is 0 Å². The number of aliphatic hydroxyl groups is 1. The molecule has 2 bridgehead atoms. The quantitative estimate of drug-likeness (QED) is 0.154. The minimum Gasteiger partial charge on any atom is -0.455 e. The highest BCUT2D eigenvalue weighted by atomic mass is 79.9. The Hall–Kier alpha value is -3.02. The number of nitrogens with one attached hydrogen (secondary N) is 1. The summed E-state index contributed by atoms with van der Waals surface area (Å²) >= 11 is 3.75. The second-order valence-corrected chi connectivity index (χ2v) is 14.9. The Kier molecular flexibility index (Phi) is 11.8. The fourth-order valence-electron chi connectivity index (χ4n) is 8.47. The highest BCUT2D eigenvalue weighted by Gasteiger charge is 2.77. The van der Waals surface area contributed by atoms with Gasteiger partial charge in [0, 0.05) is 23.8 Å². The number of allylic oxidation sites excluding steroid dienone is 1. The van der Waals surface area contributed by atoms with Crippen molar-refractivity contribution in [2.75, 3.05) is 13.2 Å². The Balaban J connectivity index is 1.50. The van der Waals surface area contributed by atoms with E-state index in [9.17, 15) is 24.3 Å². The van der Waals surface area contributed by atoms with Gasteiger partial charge in [-0.25, -0.2) is 0 Å². The highest BCUT2D eigenvalue weighted by Crippen LogP contribution is 2.61. The van der Waals surface area contributed by atoms with E-state index in [0.29, 0.717) is 31.4 Å². The average molecular weight is 729 g/mol. The van der Waals surface area contributed by atoms with E-state index in [-0.39, 0.29) is 41.6 Å². The Bertz CT molecular complexity index is 1350. The molecule has 3 amide bonds. The summed E-state index contributed by atoms with van der Waals surface area (Å²) in [6.07, 6.45) is 8.31. The lowest BCUT2D eigenvalue weighted by Gasteiger charge is -2.42. The molecule has 5 rings (SSSR count). The molecular formula is C37H50BrN3O7. The molecule has 1 aliphatic carbocycles. The van der Waals surface area contributed by atoms with Gasteiger partial charge in [-0.15, -0.1) is 13.2 Å². The van der Waals surface area contributed by atoms with E-state index in [4.69, 9.17) is 9.47 Å². The van der Waals surface area contributed by atoms with Crippen molar-refractivity contribution >= 4 is 39.6 Å². The van der Waals surface area contributed by atoms with Gasteiger partial charge in [0.05, 0.1) is 36.6 Å². The molecule has 10 nitrogen and oxygen atoms in total. The number of amides is 3. The summed E-state index contributed by atoms with van der Waals surface area (Å²) in [5.74, 6) is -3.37. The number of benzene rings is 1. The van der Waals surface area contributed by atoms with Crippen LogP contribution in [0.1, 0.15) is 83.3 Å². The maximum absolute atomic E-state index is 14.8. The topological polar surface area (TPSA) is 125 Å². The number of nitrogens with zero attached hydrogens (tertiary/aromatic N) is 2. The molecule has 3 saturated heterocycles. The van der Waals surface area contributed by atoms with Crippen molar-refractivity contribution < 1.29 is 33.8 Å². The van der Waals surface area contributed by atoms with Crippen molar-refractivity contribution in [1.82, 2.24) is 15.1 Å². The Labute approximate surface area is 292 Å². The average Bonchev–Trinajstić information content (AvgIpc) is 3.69. The molecule has 1 aromatic rings. The van der Waals surface area contributed by atoms with E-state index < -0.39 is 53.7 Å². The third-order valence-electron chi connectivity index (χ3n) is 10.7. The van der Waals surface area contributed by atoms with Crippen LogP contribution in [0.2, 0.25) is 0 Å². The zero-order valence-electron chi connectivity index (χ0n) is 28.1. The minimum absolute atomic E-state index is 0.0137. The van der Waals surface area contributed by atoms with Gasteiger partial charge in [-0.2, -0.15) is 0 Å². The van der Waals surface area contributed by atoms with E-state index in [1.807, 2.05) is 42.2 Å². The van der Waals surface area contributed by atoms with Gasteiger partial charge < -0.3 is 29.7 Å². The lowest BCUT2D eigenvalue weighted by atomic mass is 9.70. The van der Waals surface area contributed by atoms with Crippen LogP contribution in [0, 0.1) is 11.8 Å². The number of alkyl halides is 1. The summed E-state index contributed by atoms with van der Waals surface area (Å²) in [6.45, 7) is 11.3. The third-order valence-corrected chi connectivity index (χ3v) is 11.6. The standard InChI is InChI=1S/C37H50BrN3O7/c1-5-8-19-28(43)39-23(4)31(24-15-11-9-12-16-24)47-36(46)29-30-34(44)41(25(7-3)22-42)33(37(30)21-27(38)32(29)48-37)35(45)40(20-6-2)26-17-13-10-14-18-26/h5-6,9,11-12,15-16,23,25-27,29-33,42H,1-2,7-8,10,13-14,17-22H2,3-4H3,(H,39,43)/t23-,25-,27?,29-,30+,31-,32-,33-,37+/m0/s1. The number of fused-ring (bicyclic) bond motifs is 1. The minimum atomic E-state index is -1.28. The predicted octanol–water partition coefficient (Wildman–Crippen LogP) is 4.61. The maximum atomic E-state index is 14.8. The Morgan fingerprint density at radius 1 is 1.19 bits per heavy atom. The maximum Gasteiger partial charge on any atom is 0.313 e. The number of rotatable bonds is 15. The molecule has 0 radical (unpaired) electrons. The number of likely N-dealkylation sites (tertiary alicyclic amines) is 1. The van der Waals surface area contributed by atoms with Crippen LogP contribution in [0.15, 0.2) is 55.6 Å². The molecule has 2 N–H and O–H groups in total. The van der Waals surface area contributed by atoms with Gasteiger partial charge in [-0.05, 0) is 44.6 Å². The second kappa shape index (κ2) is 15.7. The van der Waals surface area contributed by atoms with Gasteiger partial charge in [0.2, 0.25) is 17.7 Å². The number of ether oxygens (including phenoxy) is 2. The van der Waals surface area contributed by atoms with Gasteiger partial charge in [0.1, 0.15) is 17.7 Å². The zero-order valence-corrected chi connectivity index (χ0v) is 29.7. The number of hydrogen-bond acceptors (Lipinski definition) is 7. The molecule has 3 heterocycles. The normalized spacial score (nSPS) is 29.9. The van der Waals surface area contributed by atoms with Crippen molar-refractivity contribution in [2.45, 2.75) is 118 Å². The van der Waals surface area contributed by atoms with E-state index >= 15 is 0 Å².